The van der Waals surface area contributed by atoms with Crippen LogP contribution in [0.5, 0.6) is 5.75 Å². The lowest BCUT2D eigenvalue weighted by Gasteiger charge is -2.22. The molecule has 0 N–H and O–H groups in total. The molecule has 2 aliphatic rings. The molecular weight excluding hydrogens is 204 g/mol. The number of para-hydroxylation sites is 1. The summed E-state index contributed by atoms with van der Waals surface area (Å²) in [5.74, 6) is 0.149. The highest BCUT2D eigenvalue weighted by molar-refractivity contribution is 6.13. The molecule has 0 aromatic heterocycles. The van der Waals surface area contributed by atoms with Gasteiger partial charge in [0.2, 0.25) is 0 Å². The van der Waals surface area contributed by atoms with Crippen LogP contribution in [0.2, 0.25) is 0 Å². The third-order valence-electron chi connectivity index (χ3n) is 3.20. The SMILES string of the molecule is O=C1c2ccccc2OCC1C(=O)C1CC1. The highest BCUT2D eigenvalue weighted by atomic mass is 16.5. The molecule has 1 fully saturated rings. The summed E-state index contributed by atoms with van der Waals surface area (Å²) in [4.78, 5) is 24.0. The van der Waals surface area contributed by atoms with Crippen molar-refractivity contribution in [2.45, 2.75) is 12.8 Å². The highest BCUT2D eigenvalue weighted by Crippen LogP contribution is 2.36. The number of ether oxygens (including phenoxy) is 1. The first-order valence-corrected chi connectivity index (χ1v) is 5.57. The van der Waals surface area contributed by atoms with Crippen molar-refractivity contribution in [1.29, 1.82) is 0 Å². The van der Waals surface area contributed by atoms with Crippen LogP contribution in [0.4, 0.5) is 0 Å². The van der Waals surface area contributed by atoms with E-state index in [-0.39, 0.29) is 24.1 Å². The normalized spacial score (nSPS) is 23.5. The van der Waals surface area contributed by atoms with Gasteiger partial charge in [-0.2, -0.15) is 0 Å². The Morgan fingerprint density at radius 3 is 2.75 bits per heavy atom. The zero-order valence-corrected chi connectivity index (χ0v) is 8.81. The zero-order chi connectivity index (χ0) is 11.1. The molecule has 0 spiro atoms. The minimum Gasteiger partial charge on any atom is -0.492 e. The van der Waals surface area contributed by atoms with Gasteiger partial charge in [0.25, 0.3) is 0 Å². The summed E-state index contributed by atoms with van der Waals surface area (Å²) in [7, 11) is 0. The van der Waals surface area contributed by atoms with Crippen molar-refractivity contribution in [2.75, 3.05) is 6.61 Å². The van der Waals surface area contributed by atoms with Gasteiger partial charge in [-0.15, -0.1) is 0 Å². The van der Waals surface area contributed by atoms with E-state index in [4.69, 9.17) is 4.74 Å². The van der Waals surface area contributed by atoms with Crippen molar-refractivity contribution in [3.05, 3.63) is 29.8 Å². The lowest BCUT2D eigenvalue weighted by Crippen LogP contribution is -2.34. The number of hydrogen-bond donors (Lipinski definition) is 0. The molecule has 0 saturated heterocycles. The van der Waals surface area contributed by atoms with Gasteiger partial charge < -0.3 is 4.74 Å². The molecule has 0 bridgehead atoms. The number of rotatable bonds is 2. The maximum absolute atomic E-state index is 12.1. The molecule has 1 unspecified atom stereocenters. The van der Waals surface area contributed by atoms with E-state index in [1.165, 1.54) is 0 Å². The molecule has 3 nitrogen and oxygen atoms in total. The van der Waals surface area contributed by atoms with Crippen molar-refractivity contribution in [3.8, 4) is 5.75 Å². The minimum atomic E-state index is -0.567. The quantitative estimate of drug-likeness (QED) is 0.709. The molecule has 0 amide bonds. The van der Waals surface area contributed by atoms with Gasteiger partial charge in [-0.25, -0.2) is 0 Å². The maximum atomic E-state index is 12.1. The van der Waals surface area contributed by atoms with Crippen LogP contribution in [-0.4, -0.2) is 18.2 Å². The first-order valence-electron chi connectivity index (χ1n) is 5.57. The van der Waals surface area contributed by atoms with E-state index in [2.05, 4.69) is 0 Å². The molecule has 1 atom stereocenters. The summed E-state index contributed by atoms with van der Waals surface area (Å²) >= 11 is 0. The monoisotopic (exact) mass is 216 g/mol. The van der Waals surface area contributed by atoms with Gasteiger partial charge in [0.05, 0.1) is 5.56 Å². The summed E-state index contributed by atoms with van der Waals surface area (Å²) in [5.41, 5.74) is 0.549. The summed E-state index contributed by atoms with van der Waals surface area (Å²) in [6.45, 7) is 0.213. The Morgan fingerprint density at radius 2 is 2.00 bits per heavy atom. The molecule has 82 valence electrons. The summed E-state index contributed by atoms with van der Waals surface area (Å²) in [6, 6.07) is 7.12. The number of hydrogen-bond acceptors (Lipinski definition) is 3. The van der Waals surface area contributed by atoms with Crippen LogP contribution < -0.4 is 4.74 Å². The Bertz CT molecular complexity index is 460. The fourth-order valence-electron chi connectivity index (χ4n) is 2.10. The Morgan fingerprint density at radius 1 is 1.25 bits per heavy atom. The van der Waals surface area contributed by atoms with E-state index < -0.39 is 5.92 Å². The van der Waals surface area contributed by atoms with E-state index >= 15 is 0 Å². The average molecular weight is 216 g/mol. The number of fused-ring (bicyclic) bond motifs is 1. The lowest BCUT2D eigenvalue weighted by atomic mass is 9.90. The first kappa shape index (κ1) is 9.58. The molecule has 1 heterocycles. The topological polar surface area (TPSA) is 43.4 Å². The highest BCUT2D eigenvalue weighted by Gasteiger charge is 2.41. The van der Waals surface area contributed by atoms with Gasteiger partial charge in [0, 0.05) is 5.92 Å². The smallest absolute Gasteiger partial charge is 0.180 e. The third kappa shape index (κ3) is 1.43. The lowest BCUT2D eigenvalue weighted by molar-refractivity contribution is -0.123. The summed E-state index contributed by atoms with van der Waals surface area (Å²) in [6.07, 6.45) is 1.87. The molecule has 3 heteroatoms. The van der Waals surface area contributed by atoms with E-state index in [1.54, 1.807) is 18.2 Å². The number of ketones is 2. The summed E-state index contributed by atoms with van der Waals surface area (Å²) in [5, 5.41) is 0. The Hall–Kier alpha value is -1.64. The average Bonchev–Trinajstić information content (AvgIpc) is 3.13. The molecule has 1 saturated carbocycles. The van der Waals surface area contributed by atoms with Gasteiger partial charge in [-0.1, -0.05) is 12.1 Å². The Kier molecular flexibility index (Phi) is 2.06. The van der Waals surface area contributed by atoms with Crippen molar-refractivity contribution < 1.29 is 14.3 Å². The van der Waals surface area contributed by atoms with E-state index in [1.807, 2.05) is 6.07 Å². The largest absolute Gasteiger partial charge is 0.492 e. The second-order valence-corrected chi connectivity index (χ2v) is 4.40. The predicted molar refractivity (Wildman–Crippen MR) is 57.5 cm³/mol. The standard InChI is InChI=1S/C13H12O3/c14-12(8-5-6-8)10-7-16-11-4-2-1-3-9(11)13(10)15/h1-4,8,10H,5-7H2. The van der Waals surface area contributed by atoms with Gasteiger partial charge >= 0.3 is 0 Å². The molecule has 0 radical (unpaired) electrons. The molecule has 16 heavy (non-hydrogen) atoms. The maximum Gasteiger partial charge on any atom is 0.180 e. The van der Waals surface area contributed by atoms with Crippen molar-refractivity contribution in [3.63, 3.8) is 0 Å². The van der Waals surface area contributed by atoms with E-state index in [0.717, 1.165) is 12.8 Å². The number of Topliss-reactive ketones (excluding diaryl/α,β-unsaturated/α-hetero) is 2. The fourth-order valence-corrected chi connectivity index (χ4v) is 2.10. The van der Waals surface area contributed by atoms with Crippen LogP contribution in [0.25, 0.3) is 0 Å². The molecule has 1 aliphatic heterocycles. The minimum absolute atomic E-state index is 0.0690. The number of carbonyl (C=O) groups excluding carboxylic acids is 2. The van der Waals surface area contributed by atoms with Gasteiger partial charge in [-0.3, -0.25) is 9.59 Å². The van der Waals surface area contributed by atoms with Crippen LogP contribution in [0.15, 0.2) is 24.3 Å². The third-order valence-corrected chi connectivity index (χ3v) is 3.20. The number of carbonyl (C=O) groups is 2. The van der Waals surface area contributed by atoms with Crippen molar-refractivity contribution in [2.24, 2.45) is 11.8 Å². The van der Waals surface area contributed by atoms with Crippen LogP contribution in [0.1, 0.15) is 23.2 Å². The molecule has 1 aliphatic carbocycles. The van der Waals surface area contributed by atoms with E-state index in [9.17, 15) is 9.59 Å². The van der Waals surface area contributed by atoms with Crippen molar-refractivity contribution in [1.82, 2.24) is 0 Å². The van der Waals surface area contributed by atoms with Gasteiger partial charge in [0.15, 0.2) is 5.78 Å². The molecule has 1 aromatic rings. The zero-order valence-electron chi connectivity index (χ0n) is 8.81. The second-order valence-electron chi connectivity index (χ2n) is 4.40. The van der Waals surface area contributed by atoms with Crippen LogP contribution >= 0.6 is 0 Å². The Labute approximate surface area is 93.4 Å². The van der Waals surface area contributed by atoms with E-state index in [0.29, 0.717) is 11.3 Å². The number of benzene rings is 1. The van der Waals surface area contributed by atoms with Crippen LogP contribution in [0, 0.1) is 11.8 Å². The van der Waals surface area contributed by atoms with Crippen molar-refractivity contribution >= 4 is 11.6 Å². The Balaban J connectivity index is 1.91. The second kappa shape index (κ2) is 3.44. The van der Waals surface area contributed by atoms with Crippen LogP contribution in [0.3, 0.4) is 0 Å². The molecular formula is C13H12O3. The fraction of sp³-hybridized carbons (Fsp3) is 0.385. The predicted octanol–water partition coefficient (Wildman–Crippen LogP) is 1.86. The molecule has 3 rings (SSSR count). The molecule has 1 aromatic carbocycles. The van der Waals surface area contributed by atoms with Crippen LogP contribution in [-0.2, 0) is 4.79 Å². The van der Waals surface area contributed by atoms with Gasteiger partial charge in [-0.05, 0) is 25.0 Å². The first-order chi connectivity index (χ1) is 7.77. The summed E-state index contributed by atoms with van der Waals surface area (Å²) < 4.78 is 5.46. The van der Waals surface area contributed by atoms with Gasteiger partial charge in [0.1, 0.15) is 24.1 Å².